The maximum absolute atomic E-state index is 10.8. The van der Waals surface area contributed by atoms with E-state index >= 15 is 0 Å². The van der Waals surface area contributed by atoms with Crippen LogP contribution in [0.4, 0.5) is 0 Å². The Morgan fingerprint density at radius 1 is 1.60 bits per heavy atom. The van der Waals surface area contributed by atoms with Crippen molar-refractivity contribution in [2.75, 3.05) is 0 Å². The summed E-state index contributed by atoms with van der Waals surface area (Å²) < 4.78 is 0. The zero-order chi connectivity index (χ0) is 11.5. The maximum atomic E-state index is 10.8. The Balaban J connectivity index is 2.51. The van der Waals surface area contributed by atoms with E-state index in [1.54, 1.807) is 11.4 Å². The van der Waals surface area contributed by atoms with Crippen LogP contribution in [0.1, 0.15) is 36.0 Å². The molecule has 0 aliphatic heterocycles. The lowest BCUT2D eigenvalue weighted by molar-refractivity contribution is -0.0757. The van der Waals surface area contributed by atoms with Crippen LogP contribution in [-0.4, -0.2) is 16.7 Å². The molecule has 0 bridgehead atoms. The van der Waals surface area contributed by atoms with Crippen molar-refractivity contribution in [1.82, 2.24) is 5.48 Å². The van der Waals surface area contributed by atoms with E-state index in [-0.39, 0.29) is 5.60 Å². The first-order chi connectivity index (χ1) is 6.90. The number of hydrogen-bond donors (Lipinski definition) is 2. The molecule has 0 aliphatic carbocycles. The third-order valence-corrected chi connectivity index (χ3v) is 2.53. The molecule has 0 radical (unpaired) electrons. The number of hydrogen-bond acceptors (Lipinski definition) is 4. The van der Waals surface area contributed by atoms with E-state index < -0.39 is 5.97 Å². The summed E-state index contributed by atoms with van der Waals surface area (Å²) in [6.07, 6.45) is 0. The summed E-state index contributed by atoms with van der Waals surface area (Å²) in [7, 11) is 0. The van der Waals surface area contributed by atoms with Crippen molar-refractivity contribution < 1.29 is 14.7 Å². The number of rotatable bonds is 4. The Hall–Kier alpha value is -0.910. The van der Waals surface area contributed by atoms with Crippen molar-refractivity contribution in [2.45, 2.75) is 32.9 Å². The lowest BCUT2D eigenvalue weighted by Gasteiger charge is -2.19. The van der Waals surface area contributed by atoms with Crippen LogP contribution in [0.15, 0.2) is 11.4 Å². The number of carboxylic acid groups (broad SMARTS) is 1. The highest BCUT2D eigenvalue weighted by Gasteiger charge is 2.13. The molecule has 0 saturated carbocycles. The molecule has 0 aliphatic rings. The monoisotopic (exact) mass is 229 g/mol. The van der Waals surface area contributed by atoms with Crippen LogP contribution in [0.25, 0.3) is 0 Å². The molecule has 84 valence electrons. The Morgan fingerprint density at radius 2 is 2.27 bits per heavy atom. The minimum atomic E-state index is -0.891. The predicted molar refractivity (Wildman–Crippen MR) is 59.0 cm³/mol. The van der Waals surface area contributed by atoms with Crippen LogP contribution in [0.5, 0.6) is 0 Å². The summed E-state index contributed by atoms with van der Waals surface area (Å²) >= 11 is 1.22. The van der Waals surface area contributed by atoms with Crippen LogP contribution >= 0.6 is 11.3 Å². The van der Waals surface area contributed by atoms with Gasteiger partial charge in [0.1, 0.15) is 4.88 Å². The molecule has 0 saturated heterocycles. The van der Waals surface area contributed by atoms with Gasteiger partial charge in [-0.15, -0.1) is 11.3 Å². The Bertz CT molecular complexity index is 341. The lowest BCUT2D eigenvalue weighted by Crippen LogP contribution is -2.28. The zero-order valence-corrected chi connectivity index (χ0v) is 9.85. The second-order valence-electron chi connectivity index (χ2n) is 4.12. The number of carboxylic acids is 1. The van der Waals surface area contributed by atoms with Crippen molar-refractivity contribution in [3.63, 3.8) is 0 Å². The van der Waals surface area contributed by atoms with Crippen molar-refractivity contribution in [3.8, 4) is 0 Å². The average Bonchev–Trinajstić information content (AvgIpc) is 2.49. The van der Waals surface area contributed by atoms with Crippen molar-refractivity contribution >= 4 is 17.3 Å². The summed E-state index contributed by atoms with van der Waals surface area (Å²) in [6, 6.07) is 1.78. The van der Waals surface area contributed by atoms with Gasteiger partial charge in [0, 0.05) is 6.54 Å². The summed E-state index contributed by atoms with van der Waals surface area (Å²) in [5, 5.41) is 10.6. The van der Waals surface area contributed by atoms with Crippen LogP contribution in [0, 0.1) is 0 Å². The second-order valence-corrected chi connectivity index (χ2v) is 5.03. The van der Waals surface area contributed by atoms with Gasteiger partial charge in [-0.1, -0.05) is 0 Å². The first kappa shape index (κ1) is 12.2. The molecule has 1 aromatic heterocycles. The number of hydroxylamine groups is 1. The maximum Gasteiger partial charge on any atom is 0.346 e. The summed E-state index contributed by atoms with van der Waals surface area (Å²) in [4.78, 5) is 16.4. The van der Waals surface area contributed by atoms with Gasteiger partial charge < -0.3 is 5.11 Å². The highest BCUT2D eigenvalue weighted by atomic mass is 32.1. The average molecular weight is 229 g/mol. The number of thiophene rings is 1. The molecule has 0 unspecified atom stereocenters. The molecule has 4 nitrogen and oxygen atoms in total. The van der Waals surface area contributed by atoms with Gasteiger partial charge in [-0.05, 0) is 37.8 Å². The fourth-order valence-electron chi connectivity index (χ4n) is 0.993. The van der Waals surface area contributed by atoms with Gasteiger partial charge in [-0.3, -0.25) is 4.84 Å². The van der Waals surface area contributed by atoms with E-state index in [2.05, 4.69) is 5.48 Å². The van der Waals surface area contributed by atoms with Crippen molar-refractivity contribution in [1.29, 1.82) is 0 Å². The smallest absolute Gasteiger partial charge is 0.346 e. The Morgan fingerprint density at radius 3 is 2.80 bits per heavy atom. The van der Waals surface area contributed by atoms with Gasteiger partial charge in [-0.2, -0.15) is 5.48 Å². The molecule has 1 aromatic rings. The van der Waals surface area contributed by atoms with Crippen LogP contribution in [0.3, 0.4) is 0 Å². The molecular formula is C10H15NO3S. The molecule has 0 fully saturated rings. The minimum Gasteiger partial charge on any atom is -0.477 e. The van der Waals surface area contributed by atoms with Gasteiger partial charge >= 0.3 is 5.97 Å². The second kappa shape index (κ2) is 4.74. The molecule has 5 heteroatoms. The molecule has 0 aromatic carbocycles. The molecule has 0 amide bonds. The highest BCUT2D eigenvalue weighted by Crippen LogP contribution is 2.16. The van der Waals surface area contributed by atoms with Crippen LogP contribution < -0.4 is 5.48 Å². The van der Waals surface area contributed by atoms with E-state index in [1.807, 2.05) is 20.8 Å². The van der Waals surface area contributed by atoms with E-state index in [0.717, 1.165) is 5.56 Å². The summed E-state index contributed by atoms with van der Waals surface area (Å²) in [5.74, 6) is -0.891. The quantitative estimate of drug-likeness (QED) is 0.777. The molecule has 0 atom stereocenters. The van der Waals surface area contributed by atoms with Crippen molar-refractivity contribution in [3.05, 3.63) is 21.9 Å². The van der Waals surface area contributed by atoms with E-state index in [4.69, 9.17) is 9.94 Å². The SMILES string of the molecule is CC(C)(C)ONCc1ccsc1C(=O)O. The standard InChI is InChI=1S/C10H15NO3S/c1-10(2,3)14-11-6-7-4-5-15-8(7)9(12)13/h4-5,11H,6H2,1-3H3,(H,12,13). The largest absolute Gasteiger partial charge is 0.477 e. The molecule has 15 heavy (non-hydrogen) atoms. The fourth-order valence-corrected chi connectivity index (χ4v) is 1.75. The van der Waals surface area contributed by atoms with Gasteiger partial charge in [0.2, 0.25) is 0 Å². The van der Waals surface area contributed by atoms with Crippen LogP contribution in [0.2, 0.25) is 0 Å². The summed E-state index contributed by atoms with van der Waals surface area (Å²) in [5.41, 5.74) is 3.23. The van der Waals surface area contributed by atoms with Gasteiger partial charge in [0.05, 0.1) is 5.60 Å². The van der Waals surface area contributed by atoms with E-state index in [9.17, 15) is 4.79 Å². The Labute approximate surface area is 92.8 Å². The lowest BCUT2D eigenvalue weighted by atomic mass is 10.2. The normalized spacial score (nSPS) is 11.7. The van der Waals surface area contributed by atoms with Gasteiger partial charge in [0.25, 0.3) is 0 Å². The van der Waals surface area contributed by atoms with Crippen LogP contribution in [-0.2, 0) is 11.4 Å². The molecule has 0 spiro atoms. The van der Waals surface area contributed by atoms with E-state index in [1.165, 1.54) is 11.3 Å². The number of aromatic carboxylic acids is 1. The molecule has 1 rings (SSSR count). The molecule has 2 N–H and O–H groups in total. The number of nitrogens with one attached hydrogen (secondary N) is 1. The highest BCUT2D eigenvalue weighted by molar-refractivity contribution is 7.12. The Kier molecular flexibility index (Phi) is 3.84. The zero-order valence-electron chi connectivity index (χ0n) is 9.03. The topological polar surface area (TPSA) is 58.6 Å². The first-order valence-corrected chi connectivity index (χ1v) is 5.48. The first-order valence-electron chi connectivity index (χ1n) is 4.60. The van der Waals surface area contributed by atoms with E-state index in [0.29, 0.717) is 11.4 Å². The van der Waals surface area contributed by atoms with Gasteiger partial charge in [-0.25, -0.2) is 4.79 Å². The molecular weight excluding hydrogens is 214 g/mol. The third kappa shape index (κ3) is 3.99. The molecule has 1 heterocycles. The fraction of sp³-hybridized carbons (Fsp3) is 0.500. The minimum absolute atomic E-state index is 0.278. The third-order valence-electron chi connectivity index (χ3n) is 1.58. The number of carbonyl (C=O) groups is 1. The van der Waals surface area contributed by atoms with Gasteiger partial charge in [0.15, 0.2) is 0 Å². The van der Waals surface area contributed by atoms with Crippen molar-refractivity contribution in [2.24, 2.45) is 0 Å². The predicted octanol–water partition coefficient (Wildman–Crippen LogP) is 2.27. The summed E-state index contributed by atoms with van der Waals surface area (Å²) in [6.45, 7) is 6.17.